The number of aromatic amines is 1. The third kappa shape index (κ3) is 3.54. The number of hydrogen-bond acceptors (Lipinski definition) is 8. The SMILES string of the molecule is CCOC(=O)C1=C(N)Oc2cc(C)[nH]c(=O)c2C1c1cc(OC)c(OC)cc1OC. The number of aryl methyl sites for hydroxylation is 1. The van der Waals surface area contributed by atoms with Crippen LogP contribution in [-0.2, 0) is 9.53 Å². The lowest BCUT2D eigenvalue weighted by molar-refractivity contribution is -0.139. The van der Waals surface area contributed by atoms with Crippen molar-refractivity contribution in [3.8, 4) is 23.0 Å². The zero-order chi connectivity index (χ0) is 22.0. The fourth-order valence-electron chi connectivity index (χ4n) is 3.50. The molecule has 160 valence electrons. The van der Waals surface area contributed by atoms with Gasteiger partial charge in [0.15, 0.2) is 11.5 Å². The van der Waals surface area contributed by atoms with Gasteiger partial charge in [-0.25, -0.2) is 4.79 Å². The van der Waals surface area contributed by atoms with Crippen molar-refractivity contribution >= 4 is 5.97 Å². The van der Waals surface area contributed by atoms with Crippen LogP contribution < -0.4 is 30.2 Å². The number of ether oxygens (including phenoxy) is 5. The Labute approximate surface area is 173 Å². The van der Waals surface area contributed by atoms with Gasteiger partial charge in [-0.1, -0.05) is 0 Å². The standard InChI is InChI=1S/C21H24N2O7/c1-6-29-21(25)18-16(11-8-13(27-4)14(28-5)9-12(11)26-3)17-15(30-19(18)22)7-10(2)23-20(17)24/h7-9,16H,6,22H2,1-5H3,(H,23,24). The molecule has 3 N–H and O–H groups in total. The minimum Gasteiger partial charge on any atom is -0.496 e. The van der Waals surface area contributed by atoms with Gasteiger partial charge in [-0.15, -0.1) is 0 Å². The van der Waals surface area contributed by atoms with Crippen LogP contribution in [0.15, 0.2) is 34.4 Å². The number of rotatable bonds is 6. The monoisotopic (exact) mass is 416 g/mol. The number of nitrogens with one attached hydrogen (secondary N) is 1. The molecule has 0 amide bonds. The molecule has 0 fully saturated rings. The summed E-state index contributed by atoms with van der Waals surface area (Å²) in [4.78, 5) is 28.5. The number of carbonyl (C=O) groups is 1. The quantitative estimate of drug-likeness (QED) is 0.686. The number of benzene rings is 1. The topological polar surface area (TPSA) is 122 Å². The normalized spacial score (nSPS) is 15.2. The van der Waals surface area contributed by atoms with Crippen LogP contribution in [0.5, 0.6) is 23.0 Å². The number of esters is 1. The van der Waals surface area contributed by atoms with Gasteiger partial charge < -0.3 is 34.4 Å². The highest BCUT2D eigenvalue weighted by Crippen LogP contribution is 2.47. The number of fused-ring (bicyclic) bond motifs is 1. The van der Waals surface area contributed by atoms with E-state index in [0.717, 1.165) is 0 Å². The summed E-state index contributed by atoms with van der Waals surface area (Å²) in [7, 11) is 4.45. The van der Waals surface area contributed by atoms with Gasteiger partial charge in [-0.3, -0.25) is 4.79 Å². The molecule has 1 aliphatic rings. The molecule has 30 heavy (non-hydrogen) atoms. The summed E-state index contributed by atoms with van der Waals surface area (Å²) >= 11 is 0. The van der Waals surface area contributed by atoms with Gasteiger partial charge in [0.25, 0.3) is 5.56 Å². The van der Waals surface area contributed by atoms with Crippen LogP contribution in [0.2, 0.25) is 0 Å². The predicted molar refractivity (Wildman–Crippen MR) is 108 cm³/mol. The second-order valence-electron chi connectivity index (χ2n) is 6.54. The molecular weight excluding hydrogens is 392 g/mol. The van der Waals surface area contributed by atoms with Gasteiger partial charge in [-0.2, -0.15) is 0 Å². The summed E-state index contributed by atoms with van der Waals surface area (Å²) in [5.74, 6) is -0.296. The molecular formula is C21H24N2O7. The van der Waals surface area contributed by atoms with E-state index in [9.17, 15) is 9.59 Å². The third-order valence-corrected chi connectivity index (χ3v) is 4.77. The van der Waals surface area contributed by atoms with Gasteiger partial charge in [0.05, 0.1) is 39.4 Å². The lowest BCUT2D eigenvalue weighted by Crippen LogP contribution is -2.32. The molecule has 0 bridgehead atoms. The summed E-state index contributed by atoms with van der Waals surface area (Å²) in [6.07, 6.45) is 0. The maximum Gasteiger partial charge on any atom is 0.340 e. The first kappa shape index (κ1) is 21.1. The predicted octanol–water partition coefficient (Wildman–Crippen LogP) is 1.97. The van der Waals surface area contributed by atoms with Crippen molar-refractivity contribution in [2.24, 2.45) is 5.73 Å². The molecule has 9 nitrogen and oxygen atoms in total. The van der Waals surface area contributed by atoms with Gasteiger partial charge in [-0.05, 0) is 19.9 Å². The Hall–Kier alpha value is -3.62. The van der Waals surface area contributed by atoms with Gasteiger partial charge in [0.1, 0.15) is 17.1 Å². The van der Waals surface area contributed by atoms with E-state index in [1.807, 2.05) is 0 Å². The van der Waals surface area contributed by atoms with Gasteiger partial charge in [0.2, 0.25) is 5.88 Å². The molecule has 3 rings (SSSR count). The van der Waals surface area contributed by atoms with E-state index < -0.39 is 17.4 Å². The number of carbonyl (C=O) groups excluding carboxylic acids is 1. The third-order valence-electron chi connectivity index (χ3n) is 4.77. The Balaban J connectivity index is 2.37. The zero-order valence-corrected chi connectivity index (χ0v) is 17.5. The smallest absolute Gasteiger partial charge is 0.340 e. The first-order valence-electron chi connectivity index (χ1n) is 9.24. The maximum absolute atomic E-state index is 12.9. The molecule has 1 aromatic heterocycles. The van der Waals surface area contributed by atoms with Crippen LogP contribution >= 0.6 is 0 Å². The largest absolute Gasteiger partial charge is 0.496 e. The van der Waals surface area contributed by atoms with Crippen LogP contribution in [0, 0.1) is 6.92 Å². The van der Waals surface area contributed by atoms with Crippen molar-refractivity contribution in [3.63, 3.8) is 0 Å². The molecule has 0 aliphatic carbocycles. The maximum atomic E-state index is 12.9. The highest BCUT2D eigenvalue weighted by atomic mass is 16.5. The van der Waals surface area contributed by atoms with Crippen LogP contribution in [0.1, 0.15) is 29.7 Å². The summed E-state index contributed by atoms with van der Waals surface area (Å²) in [5, 5.41) is 0. The molecule has 1 aliphatic heterocycles. The van der Waals surface area contributed by atoms with E-state index >= 15 is 0 Å². The Morgan fingerprint density at radius 1 is 1.10 bits per heavy atom. The molecule has 2 aromatic rings. The van der Waals surface area contributed by atoms with Gasteiger partial charge in [0, 0.05) is 23.4 Å². The van der Waals surface area contributed by atoms with E-state index in [4.69, 9.17) is 29.4 Å². The first-order valence-corrected chi connectivity index (χ1v) is 9.24. The second kappa shape index (κ2) is 8.40. The highest BCUT2D eigenvalue weighted by Gasteiger charge is 2.39. The fraction of sp³-hybridized carbons (Fsp3) is 0.333. The highest BCUT2D eigenvalue weighted by molar-refractivity contribution is 5.93. The Kier molecular flexibility index (Phi) is 5.91. The van der Waals surface area contributed by atoms with E-state index in [1.54, 1.807) is 32.0 Å². The summed E-state index contributed by atoms with van der Waals surface area (Å²) in [5.41, 5.74) is 6.98. The Bertz CT molecular complexity index is 1070. The Morgan fingerprint density at radius 2 is 1.73 bits per heavy atom. The molecule has 2 heterocycles. The van der Waals surface area contributed by atoms with Gasteiger partial charge >= 0.3 is 5.97 Å². The Morgan fingerprint density at radius 3 is 2.33 bits per heavy atom. The molecule has 0 saturated heterocycles. The average molecular weight is 416 g/mol. The van der Waals surface area contributed by atoms with E-state index in [2.05, 4.69) is 4.98 Å². The zero-order valence-electron chi connectivity index (χ0n) is 17.5. The van der Waals surface area contributed by atoms with Crippen molar-refractivity contribution in [1.29, 1.82) is 0 Å². The van der Waals surface area contributed by atoms with Crippen molar-refractivity contribution in [2.75, 3.05) is 27.9 Å². The molecule has 9 heteroatoms. The number of nitrogens with two attached hydrogens (primary N) is 1. The van der Waals surface area contributed by atoms with E-state index in [0.29, 0.717) is 28.5 Å². The lowest BCUT2D eigenvalue weighted by atomic mass is 9.82. The fourth-order valence-corrected chi connectivity index (χ4v) is 3.50. The van der Waals surface area contributed by atoms with Crippen LogP contribution in [-0.4, -0.2) is 38.9 Å². The van der Waals surface area contributed by atoms with Crippen LogP contribution in [0.25, 0.3) is 0 Å². The van der Waals surface area contributed by atoms with E-state index in [-0.39, 0.29) is 29.4 Å². The van der Waals surface area contributed by atoms with Crippen molar-refractivity contribution in [3.05, 3.63) is 56.8 Å². The first-order chi connectivity index (χ1) is 14.4. The summed E-state index contributed by atoms with van der Waals surface area (Å²) in [6, 6.07) is 4.90. The number of methoxy groups -OCH3 is 3. The minimum atomic E-state index is -0.910. The van der Waals surface area contributed by atoms with Crippen LogP contribution in [0.3, 0.4) is 0 Å². The minimum absolute atomic E-state index is 0.00391. The average Bonchev–Trinajstić information content (AvgIpc) is 2.71. The van der Waals surface area contributed by atoms with E-state index in [1.165, 1.54) is 21.3 Å². The molecule has 1 atom stereocenters. The number of hydrogen-bond donors (Lipinski definition) is 2. The molecule has 1 unspecified atom stereocenters. The number of aromatic nitrogens is 1. The molecule has 1 aromatic carbocycles. The second-order valence-corrected chi connectivity index (χ2v) is 6.54. The molecule has 0 saturated carbocycles. The molecule has 0 radical (unpaired) electrons. The number of pyridine rings is 1. The molecule has 0 spiro atoms. The van der Waals surface area contributed by atoms with Crippen LogP contribution in [0.4, 0.5) is 0 Å². The van der Waals surface area contributed by atoms with Crippen molar-refractivity contribution < 1.29 is 28.5 Å². The van der Waals surface area contributed by atoms with Crippen molar-refractivity contribution in [1.82, 2.24) is 4.98 Å². The van der Waals surface area contributed by atoms with Crippen molar-refractivity contribution in [2.45, 2.75) is 19.8 Å². The summed E-state index contributed by atoms with van der Waals surface area (Å²) < 4.78 is 27.1. The summed E-state index contributed by atoms with van der Waals surface area (Å²) in [6.45, 7) is 3.52. The number of H-pyrrole nitrogens is 1. The lowest BCUT2D eigenvalue weighted by Gasteiger charge is -2.29.